The van der Waals surface area contributed by atoms with Crippen LogP contribution in [-0.4, -0.2) is 40.9 Å². The average molecular weight is 519 g/mol. The van der Waals surface area contributed by atoms with Crippen LogP contribution in [0.1, 0.15) is 37.6 Å². The van der Waals surface area contributed by atoms with E-state index in [1.54, 1.807) is 12.1 Å². The molecule has 10 heteroatoms. The third-order valence-corrected chi connectivity index (χ3v) is 8.33. The van der Waals surface area contributed by atoms with Crippen molar-refractivity contribution in [1.82, 2.24) is 19.3 Å². The maximum absolute atomic E-state index is 13.4. The van der Waals surface area contributed by atoms with Crippen molar-refractivity contribution in [3.05, 3.63) is 66.5 Å². The molecule has 1 saturated heterocycles. The van der Waals surface area contributed by atoms with Crippen LogP contribution < -0.4 is 15.4 Å². The summed E-state index contributed by atoms with van der Waals surface area (Å²) in [5, 5.41) is 1.12. The minimum absolute atomic E-state index is 0.178. The lowest BCUT2D eigenvalue weighted by Crippen LogP contribution is -2.41. The number of amides is 1. The Morgan fingerprint density at radius 2 is 1.95 bits per heavy atom. The van der Waals surface area contributed by atoms with Crippen molar-refractivity contribution in [3.8, 4) is 11.3 Å². The number of fused-ring (bicyclic) bond motifs is 1. The van der Waals surface area contributed by atoms with Crippen LogP contribution >= 0.6 is 0 Å². The number of hydrogen-bond donors (Lipinski definition) is 2. The Kier molecular flexibility index (Phi) is 5.94. The molecule has 0 saturated carbocycles. The highest BCUT2D eigenvalue weighted by atomic mass is 32.2. The number of nitrogens with two attached hydrogens (primary N) is 1. The number of sulfonamides is 1. The summed E-state index contributed by atoms with van der Waals surface area (Å²) in [5.74, 6) is -0.117. The molecule has 1 atom stereocenters. The summed E-state index contributed by atoms with van der Waals surface area (Å²) in [4.78, 5) is 24.0. The number of pyridine rings is 2. The van der Waals surface area contributed by atoms with Gasteiger partial charge >= 0.3 is 0 Å². The topological polar surface area (TPSA) is 123 Å². The molecule has 1 aliphatic heterocycles. The molecule has 1 aromatic carbocycles. The molecule has 0 bridgehead atoms. The van der Waals surface area contributed by atoms with Crippen molar-refractivity contribution in [2.45, 2.75) is 37.6 Å². The molecule has 4 heterocycles. The quantitative estimate of drug-likeness (QED) is 0.410. The van der Waals surface area contributed by atoms with Gasteiger partial charge in [-0.2, -0.15) is 0 Å². The van der Waals surface area contributed by atoms with E-state index >= 15 is 0 Å². The monoisotopic (exact) mass is 518 g/mol. The first-order valence-corrected chi connectivity index (χ1v) is 13.6. The summed E-state index contributed by atoms with van der Waals surface area (Å²) in [6.45, 7) is 7.07. The summed E-state index contributed by atoms with van der Waals surface area (Å²) in [6, 6.07) is 14.3. The number of rotatable bonds is 5. The number of hydrogen-bond acceptors (Lipinski definition) is 7. The first kappa shape index (κ1) is 24.8. The molecular formula is C27H30N6O3S. The fourth-order valence-corrected chi connectivity index (χ4v) is 6.29. The summed E-state index contributed by atoms with van der Waals surface area (Å²) in [5.41, 5.74) is 8.34. The van der Waals surface area contributed by atoms with Gasteiger partial charge in [-0.3, -0.25) is 4.79 Å². The number of carbonyl (C=O) groups is 1. The summed E-state index contributed by atoms with van der Waals surface area (Å²) in [6.07, 6.45) is 4.31. The second kappa shape index (κ2) is 8.88. The van der Waals surface area contributed by atoms with E-state index in [1.807, 2.05) is 29.9 Å². The largest absolute Gasteiger partial charge is 0.383 e. The third kappa shape index (κ3) is 4.53. The standard InChI is InChI=1S/C27H30N6O3S/c1-17-15-27(2,3)33(16-17)25-20(26(34)31-37(35,36)23-6-5-12-29-24(23)28)9-10-21(30-25)19-8-7-18-11-13-32(4)22(18)14-19/h5-14,17H,15-16H2,1-4H3,(H2,28,29)(H,31,34)/t17-/m0/s1. The van der Waals surface area contributed by atoms with Crippen LogP contribution in [0.5, 0.6) is 0 Å². The van der Waals surface area contributed by atoms with Gasteiger partial charge in [-0.25, -0.2) is 23.1 Å². The van der Waals surface area contributed by atoms with Crippen molar-refractivity contribution in [3.63, 3.8) is 0 Å². The van der Waals surface area contributed by atoms with E-state index in [1.165, 1.54) is 18.3 Å². The Morgan fingerprint density at radius 1 is 1.16 bits per heavy atom. The summed E-state index contributed by atoms with van der Waals surface area (Å²) < 4.78 is 30.2. The molecule has 4 aromatic rings. The zero-order chi connectivity index (χ0) is 26.5. The highest BCUT2D eigenvalue weighted by Gasteiger charge is 2.39. The first-order valence-electron chi connectivity index (χ1n) is 12.1. The second-order valence-corrected chi connectivity index (χ2v) is 12.0. The molecular weight excluding hydrogens is 488 g/mol. The summed E-state index contributed by atoms with van der Waals surface area (Å²) >= 11 is 0. The molecule has 3 aromatic heterocycles. The number of nitrogens with one attached hydrogen (secondary N) is 1. The fourth-order valence-electron chi connectivity index (χ4n) is 5.24. The molecule has 1 fully saturated rings. The average Bonchev–Trinajstić information content (AvgIpc) is 3.35. The summed E-state index contributed by atoms with van der Waals surface area (Å²) in [7, 11) is -2.25. The van der Waals surface area contributed by atoms with Gasteiger partial charge in [0.05, 0.1) is 11.3 Å². The van der Waals surface area contributed by atoms with E-state index < -0.39 is 15.9 Å². The van der Waals surface area contributed by atoms with Gasteiger partial charge in [-0.05, 0) is 68.0 Å². The number of nitrogen functional groups attached to an aromatic ring is 1. The molecule has 1 amide bonds. The van der Waals surface area contributed by atoms with Gasteiger partial charge in [0.1, 0.15) is 16.5 Å². The third-order valence-electron chi connectivity index (χ3n) is 6.95. The van der Waals surface area contributed by atoms with Gasteiger partial charge in [-0.1, -0.05) is 19.1 Å². The van der Waals surface area contributed by atoms with E-state index in [2.05, 4.69) is 47.5 Å². The van der Waals surface area contributed by atoms with E-state index in [4.69, 9.17) is 10.7 Å². The highest BCUT2D eigenvalue weighted by Crippen LogP contribution is 2.38. The lowest BCUT2D eigenvalue weighted by atomic mass is 9.97. The van der Waals surface area contributed by atoms with Crippen LogP contribution in [0, 0.1) is 5.92 Å². The van der Waals surface area contributed by atoms with Gasteiger partial charge in [-0.15, -0.1) is 0 Å². The van der Waals surface area contributed by atoms with Crippen LogP contribution in [0.15, 0.2) is 65.8 Å². The van der Waals surface area contributed by atoms with E-state index in [-0.39, 0.29) is 21.8 Å². The van der Waals surface area contributed by atoms with Gasteiger partial charge in [0, 0.05) is 42.6 Å². The zero-order valence-electron chi connectivity index (χ0n) is 21.3. The van der Waals surface area contributed by atoms with E-state index in [9.17, 15) is 13.2 Å². The smallest absolute Gasteiger partial charge is 0.268 e. The molecule has 1 aliphatic rings. The molecule has 5 rings (SSSR count). The maximum atomic E-state index is 13.4. The van der Waals surface area contributed by atoms with E-state index in [0.29, 0.717) is 24.0 Å². The second-order valence-electron chi connectivity index (χ2n) is 10.3. The molecule has 192 valence electrons. The SMILES string of the molecule is C[C@@H]1CN(c2nc(-c3ccc4ccn(C)c4c3)ccc2C(=O)NS(=O)(=O)c2cccnc2N)C(C)(C)C1. The van der Waals surface area contributed by atoms with Crippen LogP contribution in [-0.2, 0) is 17.1 Å². The van der Waals surface area contributed by atoms with Gasteiger partial charge < -0.3 is 15.2 Å². The molecule has 9 nitrogen and oxygen atoms in total. The first-order chi connectivity index (χ1) is 17.5. The number of anilines is 2. The lowest BCUT2D eigenvalue weighted by molar-refractivity contribution is 0.0981. The maximum Gasteiger partial charge on any atom is 0.268 e. The molecule has 0 radical (unpaired) electrons. The van der Waals surface area contributed by atoms with Crippen LogP contribution in [0.2, 0.25) is 0 Å². The number of aryl methyl sites for hydroxylation is 1. The molecule has 37 heavy (non-hydrogen) atoms. The molecule has 0 unspecified atom stereocenters. The fraction of sp³-hybridized carbons (Fsp3) is 0.296. The van der Waals surface area contributed by atoms with Crippen LogP contribution in [0.3, 0.4) is 0 Å². The minimum atomic E-state index is -4.24. The predicted octanol–water partition coefficient (Wildman–Crippen LogP) is 3.96. The van der Waals surface area contributed by atoms with Crippen molar-refractivity contribution >= 4 is 38.5 Å². The van der Waals surface area contributed by atoms with Crippen molar-refractivity contribution in [2.75, 3.05) is 17.2 Å². The minimum Gasteiger partial charge on any atom is -0.383 e. The predicted molar refractivity (Wildman–Crippen MR) is 145 cm³/mol. The van der Waals surface area contributed by atoms with E-state index in [0.717, 1.165) is 22.9 Å². The molecule has 0 aliphatic carbocycles. The van der Waals surface area contributed by atoms with Crippen LogP contribution in [0.25, 0.3) is 22.2 Å². The van der Waals surface area contributed by atoms with Gasteiger partial charge in [0.2, 0.25) is 0 Å². The Bertz CT molecular complexity index is 1630. The Balaban J connectivity index is 1.59. The number of nitrogens with zero attached hydrogens (tertiary/aromatic N) is 4. The van der Waals surface area contributed by atoms with Gasteiger partial charge in [0.15, 0.2) is 0 Å². The van der Waals surface area contributed by atoms with Gasteiger partial charge in [0.25, 0.3) is 15.9 Å². The Hall–Kier alpha value is -3.92. The Labute approximate surface area is 216 Å². The lowest BCUT2D eigenvalue weighted by Gasteiger charge is -2.34. The number of benzene rings is 1. The normalized spacial score (nSPS) is 17.3. The zero-order valence-corrected chi connectivity index (χ0v) is 22.1. The molecule has 0 spiro atoms. The van der Waals surface area contributed by atoms with Crippen molar-refractivity contribution in [2.24, 2.45) is 13.0 Å². The van der Waals surface area contributed by atoms with Crippen LogP contribution in [0.4, 0.5) is 11.6 Å². The number of carbonyl (C=O) groups excluding carboxylic acids is 1. The van der Waals surface area contributed by atoms with Crippen molar-refractivity contribution in [1.29, 1.82) is 0 Å². The molecule has 3 N–H and O–H groups in total. The Morgan fingerprint density at radius 3 is 2.65 bits per heavy atom. The highest BCUT2D eigenvalue weighted by molar-refractivity contribution is 7.90. The van der Waals surface area contributed by atoms with Crippen molar-refractivity contribution < 1.29 is 13.2 Å². The number of aromatic nitrogens is 3.